The van der Waals surface area contributed by atoms with Gasteiger partial charge in [-0.3, -0.25) is 0 Å². The van der Waals surface area contributed by atoms with Crippen molar-refractivity contribution < 1.29 is 9.84 Å². The second-order valence-electron chi connectivity index (χ2n) is 4.56. The summed E-state index contributed by atoms with van der Waals surface area (Å²) in [6.07, 6.45) is 0.397. The van der Waals surface area contributed by atoms with Crippen molar-refractivity contribution >= 4 is 17.3 Å². The zero-order valence-electron chi connectivity index (χ0n) is 10.2. The van der Waals surface area contributed by atoms with Gasteiger partial charge in [-0.2, -0.15) is 0 Å². The Bertz CT molecular complexity index is 387. The predicted octanol–water partition coefficient (Wildman–Crippen LogP) is 2.45. The molecule has 1 N–H and O–H groups in total. The highest BCUT2D eigenvalue weighted by molar-refractivity contribution is 6.31. The Hall–Kier alpha value is -0.770. The molecule has 1 aliphatic heterocycles. The molecule has 0 spiro atoms. The summed E-state index contributed by atoms with van der Waals surface area (Å²) in [5, 5.41) is 10.0. The van der Waals surface area contributed by atoms with Gasteiger partial charge in [0.05, 0.1) is 18.8 Å². The minimum Gasteiger partial charge on any atom is -0.392 e. The van der Waals surface area contributed by atoms with Gasteiger partial charge < -0.3 is 14.7 Å². The number of benzene rings is 1. The Morgan fingerprint density at radius 1 is 1.35 bits per heavy atom. The van der Waals surface area contributed by atoms with Crippen LogP contribution in [-0.4, -0.2) is 30.4 Å². The van der Waals surface area contributed by atoms with Crippen LogP contribution in [0.25, 0.3) is 0 Å². The van der Waals surface area contributed by atoms with Crippen molar-refractivity contribution in [2.45, 2.75) is 32.7 Å². The van der Waals surface area contributed by atoms with Crippen LogP contribution < -0.4 is 4.90 Å². The summed E-state index contributed by atoms with van der Waals surface area (Å²) in [4.78, 5) is 2.23. The van der Waals surface area contributed by atoms with Gasteiger partial charge >= 0.3 is 0 Å². The minimum absolute atomic E-state index is 0.0326. The van der Waals surface area contributed by atoms with E-state index in [-0.39, 0.29) is 18.8 Å². The van der Waals surface area contributed by atoms with Crippen LogP contribution in [0, 0.1) is 0 Å². The average molecular weight is 256 g/mol. The second kappa shape index (κ2) is 5.25. The van der Waals surface area contributed by atoms with Crippen LogP contribution in [-0.2, 0) is 11.3 Å². The molecule has 1 aromatic rings. The summed E-state index contributed by atoms with van der Waals surface area (Å²) >= 11 is 6.10. The highest BCUT2D eigenvalue weighted by Gasteiger charge is 2.24. The number of aliphatic hydroxyl groups is 1. The third-order valence-electron chi connectivity index (χ3n) is 3.01. The third-order valence-corrected chi connectivity index (χ3v) is 3.37. The maximum absolute atomic E-state index is 9.42. The fourth-order valence-corrected chi connectivity index (χ4v) is 2.60. The van der Waals surface area contributed by atoms with Crippen molar-refractivity contribution in [3.8, 4) is 0 Å². The Morgan fingerprint density at radius 2 is 2.00 bits per heavy atom. The first-order valence-corrected chi connectivity index (χ1v) is 6.28. The minimum atomic E-state index is -0.0326. The standard InChI is InChI=1S/C13H18ClNO2/c1-9-6-15(7-10(2)17-9)13-5-3-4-12(14)11(13)8-16/h3-5,9-10,16H,6-8H2,1-2H3/t9-,10+. The van der Waals surface area contributed by atoms with Crippen molar-refractivity contribution in [1.82, 2.24) is 0 Å². The van der Waals surface area contributed by atoms with Crippen molar-refractivity contribution in [1.29, 1.82) is 0 Å². The van der Waals surface area contributed by atoms with Gasteiger partial charge in [0.2, 0.25) is 0 Å². The molecule has 0 unspecified atom stereocenters. The number of nitrogens with zero attached hydrogens (tertiary/aromatic N) is 1. The molecular weight excluding hydrogens is 238 g/mol. The molecule has 0 saturated carbocycles. The van der Waals surface area contributed by atoms with Gasteiger partial charge in [-0.1, -0.05) is 17.7 Å². The number of rotatable bonds is 2. The van der Waals surface area contributed by atoms with Crippen LogP contribution in [0.4, 0.5) is 5.69 Å². The SMILES string of the molecule is C[C@@H]1CN(c2cccc(Cl)c2CO)C[C@H](C)O1. The van der Waals surface area contributed by atoms with Crippen LogP contribution in [0.1, 0.15) is 19.4 Å². The molecular formula is C13H18ClNO2. The first-order chi connectivity index (χ1) is 8.11. The molecule has 0 radical (unpaired) electrons. The quantitative estimate of drug-likeness (QED) is 0.881. The van der Waals surface area contributed by atoms with Gasteiger partial charge in [-0.25, -0.2) is 0 Å². The summed E-state index contributed by atoms with van der Waals surface area (Å²) in [5.41, 5.74) is 1.82. The fraction of sp³-hybridized carbons (Fsp3) is 0.538. The maximum atomic E-state index is 9.42. The summed E-state index contributed by atoms with van der Waals surface area (Å²) in [7, 11) is 0. The van der Waals surface area contributed by atoms with Crippen LogP contribution in [0.5, 0.6) is 0 Å². The van der Waals surface area contributed by atoms with E-state index in [9.17, 15) is 5.11 Å². The van der Waals surface area contributed by atoms with E-state index in [1.54, 1.807) is 0 Å². The summed E-state index contributed by atoms with van der Waals surface area (Å²) < 4.78 is 5.70. The number of ether oxygens (including phenoxy) is 1. The molecule has 1 fully saturated rings. The van der Waals surface area contributed by atoms with Crippen molar-refractivity contribution in [3.05, 3.63) is 28.8 Å². The number of aliphatic hydroxyl groups excluding tert-OH is 1. The molecule has 2 rings (SSSR count). The van der Waals surface area contributed by atoms with Gasteiger partial charge in [0.25, 0.3) is 0 Å². The topological polar surface area (TPSA) is 32.7 Å². The molecule has 1 aromatic carbocycles. The molecule has 2 atom stereocenters. The van der Waals surface area contributed by atoms with E-state index in [4.69, 9.17) is 16.3 Å². The number of hydrogen-bond donors (Lipinski definition) is 1. The van der Waals surface area contributed by atoms with E-state index < -0.39 is 0 Å². The van der Waals surface area contributed by atoms with Crippen molar-refractivity contribution in [3.63, 3.8) is 0 Å². The van der Waals surface area contributed by atoms with Crippen LogP contribution in [0.3, 0.4) is 0 Å². The van der Waals surface area contributed by atoms with Gasteiger partial charge in [0.15, 0.2) is 0 Å². The Kier molecular flexibility index (Phi) is 3.92. The molecule has 0 bridgehead atoms. The Morgan fingerprint density at radius 3 is 2.59 bits per heavy atom. The van der Waals surface area contributed by atoms with Crippen molar-refractivity contribution in [2.75, 3.05) is 18.0 Å². The lowest BCUT2D eigenvalue weighted by Crippen LogP contribution is -2.45. The summed E-state index contributed by atoms with van der Waals surface area (Å²) in [6.45, 7) is 5.75. The molecule has 0 aliphatic carbocycles. The normalized spacial score (nSPS) is 25.1. The largest absolute Gasteiger partial charge is 0.392 e. The van der Waals surface area contributed by atoms with E-state index in [2.05, 4.69) is 18.7 Å². The number of morpholine rings is 1. The molecule has 3 nitrogen and oxygen atoms in total. The molecule has 1 aliphatic rings. The fourth-order valence-electron chi connectivity index (χ4n) is 2.37. The summed E-state index contributed by atoms with van der Waals surface area (Å²) in [6, 6.07) is 5.73. The second-order valence-corrected chi connectivity index (χ2v) is 4.97. The third kappa shape index (κ3) is 2.73. The average Bonchev–Trinajstić information content (AvgIpc) is 2.27. The van der Waals surface area contributed by atoms with E-state index >= 15 is 0 Å². The van der Waals surface area contributed by atoms with Crippen LogP contribution in [0.2, 0.25) is 5.02 Å². The molecule has 1 heterocycles. The number of anilines is 1. The van der Waals surface area contributed by atoms with E-state index in [1.165, 1.54) is 0 Å². The molecule has 17 heavy (non-hydrogen) atoms. The van der Waals surface area contributed by atoms with Gasteiger partial charge in [0, 0.05) is 29.4 Å². The zero-order valence-corrected chi connectivity index (χ0v) is 10.9. The maximum Gasteiger partial charge on any atom is 0.0726 e. The van der Waals surface area contributed by atoms with E-state index in [0.717, 1.165) is 24.3 Å². The van der Waals surface area contributed by atoms with Crippen LogP contribution in [0.15, 0.2) is 18.2 Å². The predicted molar refractivity (Wildman–Crippen MR) is 69.6 cm³/mol. The first kappa shape index (κ1) is 12.7. The van der Waals surface area contributed by atoms with Gasteiger partial charge in [0.1, 0.15) is 0 Å². The highest BCUT2D eigenvalue weighted by Crippen LogP contribution is 2.29. The number of halogens is 1. The molecule has 4 heteroatoms. The lowest BCUT2D eigenvalue weighted by molar-refractivity contribution is -0.00531. The summed E-state index contributed by atoms with van der Waals surface area (Å²) in [5.74, 6) is 0. The highest BCUT2D eigenvalue weighted by atomic mass is 35.5. The van der Waals surface area contributed by atoms with E-state index in [0.29, 0.717) is 5.02 Å². The lowest BCUT2D eigenvalue weighted by Gasteiger charge is -2.37. The zero-order chi connectivity index (χ0) is 12.4. The molecule has 1 saturated heterocycles. The van der Waals surface area contributed by atoms with Gasteiger partial charge in [-0.05, 0) is 26.0 Å². The smallest absolute Gasteiger partial charge is 0.0726 e. The van der Waals surface area contributed by atoms with Crippen LogP contribution >= 0.6 is 11.6 Å². The molecule has 0 aromatic heterocycles. The first-order valence-electron chi connectivity index (χ1n) is 5.90. The van der Waals surface area contributed by atoms with E-state index in [1.807, 2.05) is 18.2 Å². The Labute approximate surface area is 107 Å². The monoisotopic (exact) mass is 255 g/mol. The van der Waals surface area contributed by atoms with Crippen molar-refractivity contribution in [2.24, 2.45) is 0 Å². The molecule has 0 amide bonds. The molecule has 94 valence electrons. The van der Waals surface area contributed by atoms with Gasteiger partial charge in [-0.15, -0.1) is 0 Å². The number of hydrogen-bond acceptors (Lipinski definition) is 3. The Balaban J connectivity index is 2.30. The lowest BCUT2D eigenvalue weighted by atomic mass is 10.1.